The summed E-state index contributed by atoms with van der Waals surface area (Å²) in [4.78, 5) is 10.7. The van der Waals surface area contributed by atoms with Crippen molar-refractivity contribution < 1.29 is 14.6 Å². The fraction of sp³-hybridized carbons (Fsp3) is 0.429. The van der Waals surface area contributed by atoms with Gasteiger partial charge in [0.25, 0.3) is 0 Å². The molecule has 1 aliphatic rings. The van der Waals surface area contributed by atoms with Crippen LogP contribution in [0.2, 0.25) is 5.02 Å². The number of hydrogen-bond acceptors (Lipinski definition) is 7. The molecule has 7 nitrogen and oxygen atoms in total. The van der Waals surface area contributed by atoms with Crippen molar-refractivity contribution in [3.8, 4) is 11.5 Å². The quantitative estimate of drug-likeness (QED) is 0.882. The van der Waals surface area contributed by atoms with Crippen molar-refractivity contribution in [2.24, 2.45) is 0 Å². The van der Waals surface area contributed by atoms with Crippen LogP contribution >= 0.6 is 11.6 Å². The first-order valence-corrected chi connectivity index (χ1v) is 7.23. The second-order valence-corrected chi connectivity index (χ2v) is 5.53. The van der Waals surface area contributed by atoms with Crippen LogP contribution in [0.5, 0.6) is 11.5 Å². The van der Waals surface area contributed by atoms with E-state index in [-0.39, 0.29) is 6.10 Å². The van der Waals surface area contributed by atoms with E-state index in [2.05, 4.69) is 9.97 Å². The van der Waals surface area contributed by atoms with Gasteiger partial charge < -0.3 is 25.2 Å². The number of β-amino-alcohol motifs (C(OH)–C–C–N with tert-alkyl or cyclic N) is 1. The van der Waals surface area contributed by atoms with E-state index >= 15 is 0 Å². The molecule has 0 amide bonds. The average molecular weight is 325 g/mol. The van der Waals surface area contributed by atoms with Crippen LogP contribution in [0.4, 0.5) is 11.8 Å². The summed E-state index contributed by atoms with van der Waals surface area (Å²) in [6.07, 6.45) is 0.310. The van der Waals surface area contributed by atoms with Crippen LogP contribution in [0.25, 0.3) is 10.9 Å². The Morgan fingerprint density at radius 2 is 2.05 bits per heavy atom. The van der Waals surface area contributed by atoms with Crippen LogP contribution in [0.3, 0.4) is 0 Å². The van der Waals surface area contributed by atoms with Crippen LogP contribution in [0.15, 0.2) is 6.07 Å². The average Bonchev–Trinajstić information content (AvgIpc) is 2.93. The maximum Gasteiger partial charge on any atom is 0.228 e. The Labute approximate surface area is 132 Å². The number of nitrogens with two attached hydrogens (primary N) is 1. The molecule has 3 N–H and O–H groups in total. The van der Waals surface area contributed by atoms with Crippen LogP contribution in [0.1, 0.15) is 6.42 Å². The fourth-order valence-electron chi connectivity index (χ4n) is 2.64. The summed E-state index contributed by atoms with van der Waals surface area (Å²) in [6, 6.07) is 1.66. The summed E-state index contributed by atoms with van der Waals surface area (Å²) in [5, 5.41) is 10.7. The van der Waals surface area contributed by atoms with Gasteiger partial charge >= 0.3 is 0 Å². The van der Waals surface area contributed by atoms with E-state index in [0.717, 1.165) is 0 Å². The summed E-state index contributed by atoms with van der Waals surface area (Å²) in [5.41, 5.74) is 6.58. The smallest absolute Gasteiger partial charge is 0.228 e. The summed E-state index contributed by atoms with van der Waals surface area (Å²) >= 11 is 6.19. The molecule has 1 fully saturated rings. The maximum absolute atomic E-state index is 9.67. The lowest BCUT2D eigenvalue weighted by atomic mass is 10.2. The lowest BCUT2D eigenvalue weighted by Crippen LogP contribution is -2.23. The van der Waals surface area contributed by atoms with Gasteiger partial charge in [0.1, 0.15) is 11.3 Å². The Kier molecular flexibility index (Phi) is 3.84. The molecule has 0 bridgehead atoms. The number of nitrogen functional groups attached to an aromatic ring is 1. The Morgan fingerprint density at radius 3 is 2.64 bits per heavy atom. The topological polar surface area (TPSA) is 93.7 Å². The molecular weight excluding hydrogens is 308 g/mol. The Morgan fingerprint density at radius 1 is 1.32 bits per heavy atom. The number of benzene rings is 1. The molecule has 1 aromatic carbocycles. The number of halogens is 1. The number of rotatable bonds is 3. The molecule has 0 radical (unpaired) electrons. The molecule has 8 heteroatoms. The van der Waals surface area contributed by atoms with Crippen molar-refractivity contribution in [3.63, 3.8) is 0 Å². The van der Waals surface area contributed by atoms with Crippen molar-refractivity contribution in [1.29, 1.82) is 0 Å². The molecule has 1 aliphatic heterocycles. The third-order valence-corrected chi connectivity index (χ3v) is 4.01. The Hall–Kier alpha value is -1.99. The summed E-state index contributed by atoms with van der Waals surface area (Å²) in [7, 11) is 3.03. The first kappa shape index (κ1) is 14.9. The lowest BCUT2D eigenvalue weighted by molar-refractivity contribution is 0.198. The van der Waals surface area contributed by atoms with Crippen LogP contribution in [-0.2, 0) is 0 Å². The van der Waals surface area contributed by atoms with Crippen molar-refractivity contribution in [1.82, 2.24) is 9.97 Å². The van der Waals surface area contributed by atoms with Gasteiger partial charge in [-0.05, 0) is 12.5 Å². The zero-order valence-corrected chi connectivity index (χ0v) is 13.1. The standard InChI is InChI=1S/C14H17ClN4O3/c1-21-11-9(15)5-8-10(12(11)22-2)17-14(18-13(8)16)19-4-3-7(20)6-19/h5,7,20H,3-4,6H2,1-2H3,(H2,16,17,18). The van der Waals surface area contributed by atoms with E-state index in [1.54, 1.807) is 6.07 Å². The highest BCUT2D eigenvalue weighted by Gasteiger charge is 2.25. The predicted octanol–water partition coefficient (Wildman–Crippen LogP) is 1.45. The van der Waals surface area contributed by atoms with E-state index in [1.807, 2.05) is 4.90 Å². The number of anilines is 2. The molecule has 1 atom stereocenters. The molecule has 2 aromatic rings. The highest BCUT2D eigenvalue weighted by atomic mass is 35.5. The minimum absolute atomic E-state index is 0.309. The second kappa shape index (κ2) is 5.66. The van der Waals surface area contributed by atoms with Crippen molar-refractivity contribution in [3.05, 3.63) is 11.1 Å². The van der Waals surface area contributed by atoms with Gasteiger partial charge in [-0.1, -0.05) is 11.6 Å². The fourth-order valence-corrected chi connectivity index (χ4v) is 2.91. The van der Waals surface area contributed by atoms with Gasteiger partial charge in [-0.2, -0.15) is 4.98 Å². The van der Waals surface area contributed by atoms with Crippen LogP contribution in [-0.4, -0.2) is 48.5 Å². The van der Waals surface area contributed by atoms with Crippen molar-refractivity contribution in [2.75, 3.05) is 37.9 Å². The predicted molar refractivity (Wildman–Crippen MR) is 84.9 cm³/mol. The van der Waals surface area contributed by atoms with Gasteiger partial charge in [0.2, 0.25) is 5.95 Å². The number of fused-ring (bicyclic) bond motifs is 1. The molecule has 1 aromatic heterocycles. The first-order valence-electron chi connectivity index (χ1n) is 6.85. The van der Waals surface area contributed by atoms with E-state index in [4.69, 9.17) is 26.8 Å². The largest absolute Gasteiger partial charge is 0.491 e. The number of aliphatic hydroxyl groups excluding tert-OH is 1. The van der Waals surface area contributed by atoms with Gasteiger partial charge in [-0.25, -0.2) is 4.98 Å². The highest BCUT2D eigenvalue weighted by molar-refractivity contribution is 6.33. The number of nitrogens with zero attached hydrogens (tertiary/aromatic N) is 3. The minimum Gasteiger partial charge on any atom is -0.491 e. The molecule has 2 heterocycles. The molecular formula is C14H17ClN4O3. The van der Waals surface area contributed by atoms with Crippen LogP contribution < -0.4 is 20.1 Å². The molecule has 1 saturated heterocycles. The summed E-state index contributed by atoms with van der Waals surface area (Å²) in [6.45, 7) is 1.16. The Balaban J connectivity index is 2.21. The number of hydrogen-bond donors (Lipinski definition) is 2. The normalized spacial score (nSPS) is 18.0. The lowest BCUT2D eigenvalue weighted by Gasteiger charge is -2.18. The molecule has 0 saturated carbocycles. The van der Waals surface area contributed by atoms with Crippen molar-refractivity contribution >= 4 is 34.3 Å². The second-order valence-electron chi connectivity index (χ2n) is 5.12. The number of aromatic nitrogens is 2. The SMILES string of the molecule is COc1c(Cl)cc2c(N)nc(N3CCC(O)C3)nc2c1OC. The van der Waals surface area contributed by atoms with E-state index in [9.17, 15) is 5.11 Å². The zero-order chi connectivity index (χ0) is 15.9. The monoisotopic (exact) mass is 324 g/mol. The highest BCUT2D eigenvalue weighted by Crippen LogP contribution is 2.42. The Bertz CT molecular complexity index is 725. The molecule has 22 heavy (non-hydrogen) atoms. The molecule has 1 unspecified atom stereocenters. The number of methoxy groups -OCH3 is 2. The van der Waals surface area contributed by atoms with Gasteiger partial charge in [-0.15, -0.1) is 0 Å². The molecule has 3 rings (SSSR count). The minimum atomic E-state index is -0.373. The van der Waals surface area contributed by atoms with Gasteiger partial charge in [0.05, 0.1) is 25.3 Å². The third kappa shape index (κ3) is 2.36. The summed E-state index contributed by atoms with van der Waals surface area (Å²) < 4.78 is 10.7. The molecule has 0 aliphatic carbocycles. The maximum atomic E-state index is 9.67. The number of aliphatic hydroxyl groups is 1. The molecule has 118 valence electrons. The van der Waals surface area contributed by atoms with Gasteiger partial charge in [-0.3, -0.25) is 0 Å². The van der Waals surface area contributed by atoms with E-state index in [0.29, 0.717) is 58.7 Å². The number of ether oxygens (including phenoxy) is 2. The van der Waals surface area contributed by atoms with Gasteiger partial charge in [0, 0.05) is 18.5 Å². The van der Waals surface area contributed by atoms with E-state index < -0.39 is 0 Å². The van der Waals surface area contributed by atoms with Crippen molar-refractivity contribution in [2.45, 2.75) is 12.5 Å². The van der Waals surface area contributed by atoms with Crippen LogP contribution in [0, 0.1) is 0 Å². The zero-order valence-electron chi connectivity index (χ0n) is 12.3. The van der Waals surface area contributed by atoms with E-state index in [1.165, 1.54) is 14.2 Å². The first-order chi connectivity index (χ1) is 10.5. The third-order valence-electron chi connectivity index (χ3n) is 3.73. The summed E-state index contributed by atoms with van der Waals surface area (Å²) in [5.74, 6) is 1.59. The molecule has 0 spiro atoms. The van der Waals surface area contributed by atoms with Gasteiger partial charge in [0.15, 0.2) is 11.5 Å².